The van der Waals surface area contributed by atoms with Gasteiger partial charge in [0.25, 0.3) is 0 Å². The van der Waals surface area contributed by atoms with Crippen molar-refractivity contribution in [1.29, 1.82) is 0 Å². The smallest absolute Gasteiger partial charge is 0.238 e. The molecule has 2 aromatic rings. The molecule has 2 N–H and O–H groups in total. The molecule has 1 aliphatic heterocycles. The molecule has 27 heavy (non-hydrogen) atoms. The molecule has 2 unspecified atom stereocenters. The van der Waals surface area contributed by atoms with Crippen molar-refractivity contribution >= 4 is 22.9 Å². The van der Waals surface area contributed by atoms with Crippen molar-refractivity contribution in [3.63, 3.8) is 0 Å². The number of rotatable bonds is 4. The monoisotopic (exact) mass is 382 g/mol. The Morgan fingerprint density at radius 1 is 1.11 bits per heavy atom. The Kier molecular flexibility index (Phi) is 4.50. The van der Waals surface area contributed by atoms with E-state index in [-0.39, 0.29) is 5.91 Å². The number of carbonyl (C=O) groups is 1. The van der Waals surface area contributed by atoms with Crippen LogP contribution in [0.2, 0.25) is 0 Å². The number of nitrogens with one attached hydrogen (secondary N) is 1. The van der Waals surface area contributed by atoms with Gasteiger partial charge >= 0.3 is 0 Å². The van der Waals surface area contributed by atoms with Crippen molar-refractivity contribution in [3.8, 4) is 0 Å². The second kappa shape index (κ2) is 6.71. The number of likely N-dealkylation sites (N-methyl/N-ethyl adjacent to an activating group) is 1. The first-order valence-corrected chi connectivity index (χ1v) is 10.0. The average Bonchev–Trinajstić information content (AvgIpc) is 3.22. The Labute approximate surface area is 161 Å². The van der Waals surface area contributed by atoms with Crippen molar-refractivity contribution in [2.45, 2.75) is 31.2 Å². The molecule has 2 atom stereocenters. The molecule has 0 saturated heterocycles. The van der Waals surface area contributed by atoms with Gasteiger partial charge < -0.3 is 4.90 Å². The lowest BCUT2D eigenvalue weighted by Crippen LogP contribution is -2.36. The lowest BCUT2D eigenvalue weighted by molar-refractivity contribution is -0.122. The summed E-state index contributed by atoms with van der Waals surface area (Å²) >= 11 is -2.16. The van der Waals surface area contributed by atoms with E-state index in [4.69, 9.17) is 0 Å². The molecule has 1 spiro atoms. The van der Waals surface area contributed by atoms with E-state index in [0.29, 0.717) is 12.8 Å². The molecule has 2 aliphatic rings. The van der Waals surface area contributed by atoms with Crippen molar-refractivity contribution in [1.82, 2.24) is 4.72 Å². The predicted octanol–water partition coefficient (Wildman–Crippen LogP) is 3.37. The van der Waals surface area contributed by atoms with Gasteiger partial charge in [0.2, 0.25) is 17.2 Å². The van der Waals surface area contributed by atoms with Crippen LogP contribution in [0.25, 0.3) is 0 Å². The third-order valence-electron chi connectivity index (χ3n) is 5.67. The number of nitrogens with zero attached hydrogens (tertiary/aromatic N) is 1. The zero-order valence-corrected chi connectivity index (χ0v) is 16.1. The molecule has 1 amide bonds. The number of aryl methyl sites for hydroxylation is 1. The molecule has 0 fully saturated rings. The Balaban J connectivity index is 1.81. The maximum Gasteiger partial charge on any atom is 0.238 e. The summed E-state index contributed by atoms with van der Waals surface area (Å²) in [4.78, 5) is 14.7. The summed E-state index contributed by atoms with van der Waals surface area (Å²) < 4.78 is 23.7. The molecular formula is C21H22N2O3S. The van der Waals surface area contributed by atoms with Crippen molar-refractivity contribution in [2.24, 2.45) is 0 Å². The zero-order valence-electron chi connectivity index (χ0n) is 15.3. The maximum atomic E-state index is 12.9. The first-order valence-electron chi connectivity index (χ1n) is 8.93. The van der Waals surface area contributed by atoms with E-state index in [0.717, 1.165) is 27.9 Å². The first kappa shape index (κ1) is 18.1. The number of hydrogen-bond acceptors (Lipinski definition) is 2. The molecule has 2 aromatic carbocycles. The first-order chi connectivity index (χ1) is 12.9. The van der Waals surface area contributed by atoms with Crippen LogP contribution in [0.3, 0.4) is 0 Å². The third-order valence-corrected chi connectivity index (χ3v) is 6.11. The highest BCUT2D eigenvalue weighted by Gasteiger charge is 2.49. The van der Waals surface area contributed by atoms with Gasteiger partial charge in [-0.25, -0.2) is 8.93 Å². The minimum absolute atomic E-state index is 0.116. The maximum absolute atomic E-state index is 12.9. The molecule has 6 heteroatoms. The van der Waals surface area contributed by atoms with Crippen LogP contribution in [-0.4, -0.2) is 21.7 Å². The molecule has 0 aromatic heterocycles. The molecule has 0 radical (unpaired) electrons. The summed E-state index contributed by atoms with van der Waals surface area (Å²) in [6.07, 6.45) is 5.51. The molecular weight excluding hydrogens is 360 g/mol. The van der Waals surface area contributed by atoms with Gasteiger partial charge in [-0.05, 0) is 42.5 Å². The minimum Gasteiger partial charge on any atom is -0.314 e. The van der Waals surface area contributed by atoms with E-state index >= 15 is 0 Å². The predicted molar refractivity (Wildman–Crippen MR) is 107 cm³/mol. The molecule has 1 heterocycles. The van der Waals surface area contributed by atoms with Gasteiger partial charge in [-0.15, -0.1) is 0 Å². The van der Waals surface area contributed by atoms with E-state index in [9.17, 15) is 13.6 Å². The number of fused-ring (bicyclic) bond motifs is 2. The van der Waals surface area contributed by atoms with Gasteiger partial charge in [-0.2, -0.15) is 0 Å². The van der Waals surface area contributed by atoms with E-state index < -0.39 is 22.7 Å². The molecule has 0 saturated carbocycles. The fourth-order valence-electron chi connectivity index (χ4n) is 4.19. The van der Waals surface area contributed by atoms with Gasteiger partial charge in [0, 0.05) is 12.7 Å². The molecule has 1 aliphatic carbocycles. The van der Waals surface area contributed by atoms with Gasteiger partial charge in [-0.3, -0.25) is 9.35 Å². The quantitative estimate of drug-likeness (QED) is 0.629. The van der Waals surface area contributed by atoms with Gasteiger partial charge in [0.1, 0.15) is 0 Å². The number of allylic oxidation sites excluding steroid dienone is 2. The highest BCUT2D eigenvalue weighted by Crippen LogP contribution is 2.49. The van der Waals surface area contributed by atoms with E-state index in [1.54, 1.807) is 4.90 Å². The van der Waals surface area contributed by atoms with Crippen molar-refractivity contribution in [3.05, 3.63) is 76.9 Å². The standard InChI is InChI=1S/C21H22N2O3S/c1-14-5-7-15(8-6-14)19(22-27(25)26)16-9-10-18-17(13-16)21(11-3-4-12-21)20(24)23(18)2/h3-10,13,19,22H,11-12H2,1-2H3,(H,25,26). The second-order valence-electron chi connectivity index (χ2n) is 7.31. The molecule has 0 bridgehead atoms. The van der Waals surface area contributed by atoms with Crippen LogP contribution in [0.4, 0.5) is 5.69 Å². The van der Waals surface area contributed by atoms with Crippen LogP contribution in [-0.2, 0) is 21.5 Å². The minimum atomic E-state index is -2.16. The van der Waals surface area contributed by atoms with E-state index in [2.05, 4.69) is 16.9 Å². The summed E-state index contributed by atoms with van der Waals surface area (Å²) in [5, 5.41) is 0. The summed E-state index contributed by atoms with van der Waals surface area (Å²) in [7, 11) is 1.81. The van der Waals surface area contributed by atoms with Crippen LogP contribution in [0, 0.1) is 6.92 Å². The fraction of sp³-hybridized carbons (Fsp3) is 0.286. The van der Waals surface area contributed by atoms with Crippen LogP contribution < -0.4 is 9.62 Å². The van der Waals surface area contributed by atoms with Gasteiger partial charge in [-0.1, -0.05) is 54.1 Å². The number of benzene rings is 2. The molecule has 140 valence electrons. The molecule has 4 rings (SSSR count). The topological polar surface area (TPSA) is 69.6 Å². The lowest BCUT2D eigenvalue weighted by atomic mass is 9.78. The van der Waals surface area contributed by atoms with Crippen LogP contribution in [0.15, 0.2) is 54.6 Å². The summed E-state index contributed by atoms with van der Waals surface area (Å²) in [6, 6.07) is 13.3. The Bertz CT molecular complexity index is 944. The van der Waals surface area contributed by atoms with Crippen LogP contribution in [0.1, 0.15) is 41.1 Å². The lowest BCUT2D eigenvalue weighted by Gasteiger charge is -2.23. The highest BCUT2D eigenvalue weighted by molar-refractivity contribution is 7.77. The van der Waals surface area contributed by atoms with Gasteiger partial charge in [0.15, 0.2) is 0 Å². The second-order valence-corrected chi connectivity index (χ2v) is 8.05. The van der Waals surface area contributed by atoms with Gasteiger partial charge in [0.05, 0.1) is 11.5 Å². The Morgan fingerprint density at radius 2 is 1.74 bits per heavy atom. The summed E-state index contributed by atoms with van der Waals surface area (Å²) in [5.41, 5.74) is 4.28. The number of carbonyl (C=O) groups excluding carboxylic acids is 1. The summed E-state index contributed by atoms with van der Waals surface area (Å²) in [6.45, 7) is 2.00. The number of anilines is 1. The normalized spacial score (nSPS) is 19.5. The van der Waals surface area contributed by atoms with Crippen molar-refractivity contribution < 1.29 is 13.6 Å². The SMILES string of the molecule is Cc1ccc(C(NS(=O)O)c2ccc3c(c2)C2(CC=CC2)C(=O)N3C)cc1. The van der Waals surface area contributed by atoms with Crippen LogP contribution in [0.5, 0.6) is 0 Å². The number of hydrogen-bond donors (Lipinski definition) is 2. The van der Waals surface area contributed by atoms with E-state index in [1.807, 2.05) is 56.4 Å². The highest BCUT2D eigenvalue weighted by atomic mass is 32.2. The third kappa shape index (κ3) is 2.94. The summed E-state index contributed by atoms with van der Waals surface area (Å²) in [5.74, 6) is 0.116. The Hall–Kier alpha value is -2.28. The van der Waals surface area contributed by atoms with Crippen molar-refractivity contribution in [2.75, 3.05) is 11.9 Å². The fourth-order valence-corrected chi connectivity index (χ4v) is 4.66. The average molecular weight is 382 g/mol. The van der Waals surface area contributed by atoms with Crippen LogP contribution >= 0.6 is 0 Å². The Morgan fingerprint density at radius 3 is 2.37 bits per heavy atom. The zero-order chi connectivity index (χ0) is 19.2. The van der Waals surface area contributed by atoms with E-state index in [1.165, 1.54) is 0 Å². The molecule has 5 nitrogen and oxygen atoms in total. The largest absolute Gasteiger partial charge is 0.314 e. The number of amides is 1.